The molecule has 0 aliphatic rings. The van der Waals surface area contributed by atoms with E-state index in [1.165, 1.54) is 6.92 Å². The van der Waals surface area contributed by atoms with Crippen molar-refractivity contribution >= 4 is 28.9 Å². The van der Waals surface area contributed by atoms with Crippen molar-refractivity contribution in [3.63, 3.8) is 0 Å². The maximum absolute atomic E-state index is 14.4. The molecular formula is C18H24F4N2O3S. The summed E-state index contributed by atoms with van der Waals surface area (Å²) in [5.74, 6) is -1.65. The molecule has 0 saturated carbocycles. The third-order valence-electron chi connectivity index (χ3n) is 3.18. The highest BCUT2D eigenvalue weighted by Crippen LogP contribution is 2.35. The van der Waals surface area contributed by atoms with Crippen LogP contribution in [0.1, 0.15) is 59.6 Å². The Morgan fingerprint density at radius 1 is 1.14 bits per heavy atom. The zero-order valence-corrected chi connectivity index (χ0v) is 17.6. The molecule has 0 heterocycles. The molecule has 10 heteroatoms. The summed E-state index contributed by atoms with van der Waals surface area (Å²) in [5, 5.41) is 1.99. The average molecular weight is 424 g/mol. The Morgan fingerprint density at radius 2 is 1.68 bits per heavy atom. The molecule has 0 saturated heterocycles. The summed E-state index contributed by atoms with van der Waals surface area (Å²) in [6.45, 7) is 11.0. The van der Waals surface area contributed by atoms with E-state index in [0.29, 0.717) is 6.07 Å². The van der Waals surface area contributed by atoms with E-state index < -0.39 is 51.0 Å². The van der Waals surface area contributed by atoms with Gasteiger partial charge in [0.2, 0.25) is 0 Å². The van der Waals surface area contributed by atoms with Gasteiger partial charge in [0, 0.05) is 5.56 Å². The molecule has 1 N–H and O–H groups in total. The van der Waals surface area contributed by atoms with Crippen LogP contribution in [0.15, 0.2) is 16.5 Å². The van der Waals surface area contributed by atoms with Gasteiger partial charge in [-0.2, -0.15) is 13.2 Å². The third kappa shape index (κ3) is 6.97. The third-order valence-corrected chi connectivity index (χ3v) is 4.66. The highest BCUT2D eigenvalue weighted by molar-refractivity contribution is 7.91. The number of carbonyl (C=O) groups is 1. The van der Waals surface area contributed by atoms with Gasteiger partial charge in [-0.15, -0.1) is 0 Å². The number of ether oxygens (including phenoxy) is 1. The first-order valence-electron chi connectivity index (χ1n) is 8.30. The fourth-order valence-electron chi connectivity index (χ4n) is 1.86. The van der Waals surface area contributed by atoms with Crippen LogP contribution in [0.2, 0.25) is 0 Å². The minimum Gasteiger partial charge on any atom is -0.591 e. The van der Waals surface area contributed by atoms with Crippen LogP contribution < -0.4 is 5.32 Å². The predicted molar refractivity (Wildman–Crippen MR) is 101 cm³/mol. The summed E-state index contributed by atoms with van der Waals surface area (Å²) in [6, 6.07) is 1.56. The number of nitrogens with one attached hydrogen (secondary N) is 1. The lowest BCUT2D eigenvalue weighted by atomic mass is 10.0. The lowest BCUT2D eigenvalue weighted by Gasteiger charge is -2.21. The van der Waals surface area contributed by atoms with Gasteiger partial charge in [-0.05, 0) is 60.6 Å². The lowest BCUT2D eigenvalue weighted by Crippen LogP contribution is -2.28. The second-order valence-electron chi connectivity index (χ2n) is 8.05. The first-order chi connectivity index (χ1) is 12.4. The molecule has 1 amide bonds. The van der Waals surface area contributed by atoms with Crippen molar-refractivity contribution < 1.29 is 31.6 Å². The van der Waals surface area contributed by atoms with Crippen LogP contribution >= 0.6 is 0 Å². The van der Waals surface area contributed by atoms with Crippen molar-refractivity contribution in [1.82, 2.24) is 0 Å². The standard InChI is InChI=1S/C18H24F4N2O3S/c1-10(24-28(26)17(5,6)7)11-8-12(18(20,21)22)14(19)13(9-11)23-15(25)27-16(2,3)4/h8-9H,1-7H3,(H,23,25). The summed E-state index contributed by atoms with van der Waals surface area (Å²) in [6.07, 6.45) is -6.11. The number of hydrogen-bond donors (Lipinski definition) is 1. The fourth-order valence-corrected chi connectivity index (χ4v) is 2.49. The summed E-state index contributed by atoms with van der Waals surface area (Å²) in [5.41, 5.74) is -3.34. The molecule has 0 aromatic heterocycles. The highest BCUT2D eigenvalue weighted by atomic mass is 32.2. The largest absolute Gasteiger partial charge is 0.591 e. The Kier molecular flexibility index (Phi) is 7.17. The van der Waals surface area contributed by atoms with Gasteiger partial charge in [0.05, 0.1) is 17.0 Å². The van der Waals surface area contributed by atoms with Crippen molar-refractivity contribution in [3.05, 3.63) is 29.1 Å². The van der Waals surface area contributed by atoms with Gasteiger partial charge in [0.25, 0.3) is 0 Å². The van der Waals surface area contributed by atoms with E-state index in [1.54, 1.807) is 41.5 Å². The van der Waals surface area contributed by atoms with Crippen molar-refractivity contribution in [2.75, 3.05) is 5.32 Å². The van der Waals surface area contributed by atoms with E-state index in [-0.39, 0.29) is 11.3 Å². The number of carbonyl (C=O) groups excluding carboxylic acids is 1. The number of anilines is 1. The van der Waals surface area contributed by atoms with E-state index >= 15 is 0 Å². The van der Waals surface area contributed by atoms with Crippen molar-refractivity contribution in [1.29, 1.82) is 0 Å². The zero-order chi connectivity index (χ0) is 22.1. The number of halogens is 4. The quantitative estimate of drug-likeness (QED) is 0.398. The zero-order valence-electron chi connectivity index (χ0n) is 16.7. The molecule has 1 rings (SSSR count). The molecule has 158 valence electrons. The van der Waals surface area contributed by atoms with E-state index in [2.05, 4.69) is 4.40 Å². The monoisotopic (exact) mass is 424 g/mol. The van der Waals surface area contributed by atoms with Crippen LogP contribution in [0, 0.1) is 5.82 Å². The molecule has 1 aromatic carbocycles. The summed E-state index contributed by atoms with van der Waals surface area (Å²) in [4.78, 5) is 11.9. The van der Waals surface area contributed by atoms with Crippen LogP contribution in [0.3, 0.4) is 0 Å². The van der Waals surface area contributed by atoms with Gasteiger partial charge in [0.1, 0.15) is 21.7 Å². The molecule has 0 spiro atoms. The minimum absolute atomic E-state index is 0.00555. The maximum atomic E-state index is 14.4. The Balaban J connectivity index is 3.44. The minimum atomic E-state index is -5.01. The highest BCUT2D eigenvalue weighted by Gasteiger charge is 2.37. The first kappa shape index (κ1) is 24.2. The Morgan fingerprint density at radius 3 is 2.11 bits per heavy atom. The number of alkyl halides is 3. The van der Waals surface area contributed by atoms with Crippen LogP contribution in [0.25, 0.3) is 0 Å². The predicted octanol–water partition coefficient (Wildman–Crippen LogP) is 5.46. The SMILES string of the molecule is CC(=N[S+]([O-])C(C)(C)C)c1cc(NC(=O)OC(C)(C)C)c(F)c(C(F)(F)F)c1. The first-order valence-corrected chi connectivity index (χ1v) is 9.41. The second kappa shape index (κ2) is 8.28. The molecule has 0 aliphatic carbocycles. The Labute approximate surface area is 164 Å². The fraction of sp³-hybridized carbons (Fsp3) is 0.556. The van der Waals surface area contributed by atoms with Crippen LogP contribution in [0.5, 0.6) is 0 Å². The van der Waals surface area contributed by atoms with Crippen molar-refractivity contribution in [2.45, 2.75) is 65.0 Å². The molecule has 5 nitrogen and oxygen atoms in total. The normalized spacial score (nSPS) is 14.6. The number of nitrogens with zero attached hydrogens (tertiary/aromatic N) is 1. The molecule has 28 heavy (non-hydrogen) atoms. The van der Waals surface area contributed by atoms with Gasteiger partial charge in [0.15, 0.2) is 5.82 Å². The molecular weight excluding hydrogens is 400 g/mol. The molecule has 0 radical (unpaired) electrons. The smallest absolute Gasteiger partial charge is 0.419 e. The molecule has 0 aliphatic heterocycles. The summed E-state index contributed by atoms with van der Waals surface area (Å²) < 4.78 is 74.4. The van der Waals surface area contributed by atoms with E-state index in [1.807, 2.05) is 5.32 Å². The van der Waals surface area contributed by atoms with Gasteiger partial charge >= 0.3 is 12.3 Å². The number of rotatable bonds is 3. The Bertz CT molecular complexity index is 766. The van der Waals surface area contributed by atoms with Gasteiger partial charge in [-0.1, -0.05) is 4.40 Å². The van der Waals surface area contributed by atoms with Crippen LogP contribution in [-0.2, 0) is 22.3 Å². The summed E-state index contributed by atoms with van der Waals surface area (Å²) in [7, 11) is 0. The molecule has 1 unspecified atom stereocenters. The number of amides is 1. The Hall–Kier alpha value is -1.81. The molecule has 1 aromatic rings. The summed E-state index contributed by atoms with van der Waals surface area (Å²) >= 11 is -1.73. The molecule has 0 fully saturated rings. The topological polar surface area (TPSA) is 73.8 Å². The van der Waals surface area contributed by atoms with E-state index in [4.69, 9.17) is 4.74 Å². The lowest BCUT2D eigenvalue weighted by molar-refractivity contribution is -0.139. The second-order valence-corrected chi connectivity index (χ2v) is 9.95. The van der Waals surface area contributed by atoms with Crippen molar-refractivity contribution in [2.24, 2.45) is 4.40 Å². The maximum Gasteiger partial charge on any atom is 0.419 e. The van der Waals surface area contributed by atoms with Crippen LogP contribution in [0.4, 0.5) is 28.0 Å². The van der Waals surface area contributed by atoms with Crippen molar-refractivity contribution in [3.8, 4) is 0 Å². The number of hydrogen-bond acceptors (Lipinski definition) is 4. The number of benzene rings is 1. The average Bonchev–Trinajstić information content (AvgIpc) is 2.44. The molecule has 0 bridgehead atoms. The van der Waals surface area contributed by atoms with Gasteiger partial charge < -0.3 is 9.29 Å². The van der Waals surface area contributed by atoms with Gasteiger partial charge in [-0.25, -0.2) is 9.18 Å². The molecule has 1 atom stereocenters. The van der Waals surface area contributed by atoms with Crippen LogP contribution in [-0.4, -0.2) is 26.7 Å². The van der Waals surface area contributed by atoms with Gasteiger partial charge in [-0.3, -0.25) is 5.32 Å². The van der Waals surface area contributed by atoms with E-state index in [9.17, 15) is 26.9 Å². The van der Waals surface area contributed by atoms with E-state index in [0.717, 1.165) is 6.07 Å².